The Hall–Kier alpha value is -1.44. The highest BCUT2D eigenvalue weighted by Gasteiger charge is 2.19. The van der Waals surface area contributed by atoms with Crippen LogP contribution in [0.5, 0.6) is 0 Å². The number of aryl methyl sites for hydroxylation is 2. The minimum Gasteiger partial charge on any atom is -0.744 e. The van der Waals surface area contributed by atoms with Crippen LogP contribution in [0, 0.1) is 0 Å². The van der Waals surface area contributed by atoms with Crippen LogP contribution in [-0.4, -0.2) is 28.1 Å². The maximum atomic E-state index is 11.5. The molecule has 38 heavy (non-hydrogen) atoms. The van der Waals surface area contributed by atoms with Crippen LogP contribution in [0.1, 0.15) is 142 Å². The largest absolute Gasteiger partial charge is 0.744 e. The van der Waals surface area contributed by atoms with Crippen LogP contribution in [0.15, 0.2) is 23.1 Å². The second-order valence-electron chi connectivity index (χ2n) is 11.6. The van der Waals surface area contributed by atoms with E-state index in [4.69, 9.17) is 10.7 Å². The Morgan fingerprint density at radius 2 is 1.34 bits per heavy atom. The van der Waals surface area contributed by atoms with E-state index < -0.39 is 10.1 Å². The second kappa shape index (κ2) is 17.3. The summed E-state index contributed by atoms with van der Waals surface area (Å²) in [6.07, 6.45) is 23.8. The van der Waals surface area contributed by atoms with Crippen LogP contribution in [0.4, 0.5) is 0 Å². The van der Waals surface area contributed by atoms with Crippen molar-refractivity contribution in [1.29, 1.82) is 0 Å². The van der Waals surface area contributed by atoms with Crippen molar-refractivity contribution in [3.63, 3.8) is 0 Å². The highest BCUT2D eigenvalue weighted by atomic mass is 32.2. The summed E-state index contributed by atoms with van der Waals surface area (Å²) in [5.74, 6) is 0.923. The van der Waals surface area contributed by atoms with Crippen LogP contribution >= 0.6 is 0 Å². The van der Waals surface area contributed by atoms with Crippen LogP contribution in [-0.2, 0) is 23.1 Å². The van der Waals surface area contributed by atoms with Gasteiger partial charge in [-0.05, 0) is 44.4 Å². The summed E-state index contributed by atoms with van der Waals surface area (Å²) in [5.41, 5.74) is 7.57. The molecule has 0 aliphatic rings. The molecule has 6 nitrogen and oxygen atoms in total. The number of benzene rings is 1. The smallest absolute Gasteiger partial charge is 0.124 e. The zero-order chi connectivity index (χ0) is 27.9. The van der Waals surface area contributed by atoms with E-state index in [1.807, 2.05) is 0 Å². The van der Waals surface area contributed by atoms with Gasteiger partial charge in [0.15, 0.2) is 0 Å². The summed E-state index contributed by atoms with van der Waals surface area (Å²) in [6, 6.07) is 4.54. The molecule has 2 N–H and O–H groups in total. The molecule has 1 atom stereocenters. The number of fused-ring (bicyclic) bond motifs is 1. The molecule has 0 aliphatic carbocycles. The van der Waals surface area contributed by atoms with Gasteiger partial charge in [0, 0.05) is 18.5 Å². The van der Waals surface area contributed by atoms with Crippen molar-refractivity contribution in [2.75, 3.05) is 0 Å². The third-order valence-corrected chi connectivity index (χ3v) is 8.88. The lowest BCUT2D eigenvalue weighted by Crippen LogP contribution is -2.35. The second-order valence-corrected chi connectivity index (χ2v) is 13.0. The van der Waals surface area contributed by atoms with E-state index in [2.05, 4.69) is 25.3 Å². The van der Waals surface area contributed by atoms with Crippen molar-refractivity contribution in [1.82, 2.24) is 9.55 Å². The number of aromatic nitrogens is 2. The number of nitrogens with two attached hydrogens (primary N) is 1. The molecule has 0 bridgehead atoms. The fourth-order valence-corrected chi connectivity index (χ4v) is 5.64. The summed E-state index contributed by atoms with van der Waals surface area (Å²) >= 11 is 0. The lowest BCUT2D eigenvalue weighted by Gasteiger charge is -2.22. The number of hydrogen-bond donors (Lipinski definition) is 1. The summed E-state index contributed by atoms with van der Waals surface area (Å²) < 4.78 is 36.7. The van der Waals surface area contributed by atoms with Gasteiger partial charge in [-0.25, -0.2) is 13.4 Å². The minimum atomic E-state index is -4.50. The molecule has 1 aromatic carbocycles. The third kappa shape index (κ3) is 12.2. The maximum absolute atomic E-state index is 11.5. The molecule has 0 saturated carbocycles. The molecule has 7 heteroatoms. The van der Waals surface area contributed by atoms with Gasteiger partial charge in [0.1, 0.15) is 15.9 Å². The van der Waals surface area contributed by atoms with E-state index in [1.165, 1.54) is 108 Å². The fourth-order valence-electron chi connectivity index (χ4n) is 5.15. The fraction of sp³-hybridized carbons (Fsp3) is 0.774. The molecule has 0 radical (unpaired) electrons. The molecule has 0 amide bonds. The van der Waals surface area contributed by atoms with Gasteiger partial charge >= 0.3 is 0 Å². The highest BCUT2D eigenvalue weighted by molar-refractivity contribution is 7.85. The average molecular weight is 549 g/mol. The van der Waals surface area contributed by atoms with Crippen molar-refractivity contribution in [3.05, 3.63) is 24.0 Å². The Morgan fingerprint density at radius 1 is 0.842 bits per heavy atom. The van der Waals surface area contributed by atoms with Crippen molar-refractivity contribution >= 4 is 21.2 Å². The van der Waals surface area contributed by atoms with Crippen LogP contribution in [0.3, 0.4) is 0 Å². The Kier molecular flexibility index (Phi) is 14.9. The van der Waals surface area contributed by atoms with Gasteiger partial charge in [0.2, 0.25) is 0 Å². The molecule has 1 heterocycles. The van der Waals surface area contributed by atoms with E-state index in [1.54, 1.807) is 6.07 Å². The number of hydrogen-bond acceptors (Lipinski definition) is 5. The van der Waals surface area contributed by atoms with Crippen molar-refractivity contribution in [2.45, 2.75) is 160 Å². The van der Waals surface area contributed by atoms with Gasteiger partial charge < -0.3 is 14.9 Å². The van der Waals surface area contributed by atoms with E-state index in [0.717, 1.165) is 43.6 Å². The Bertz CT molecular complexity index is 1030. The standard InChI is InChI=1S/C31H55N3O3S/c1-4-6-7-8-9-10-11-12-13-14-15-16-17-18-19-20-25-34-29-22-21-27(38(35,36)37)26-28(29)33-30(34)23-24-31(3,32)5-2/h21-22,26H,4-20,23-25,32H2,1-3H3,(H,35,36,37)/p-1. The Labute approximate surface area is 232 Å². The molecule has 2 rings (SSSR count). The summed E-state index contributed by atoms with van der Waals surface area (Å²) in [6.45, 7) is 7.26. The molecule has 0 saturated heterocycles. The third-order valence-electron chi connectivity index (χ3n) is 8.05. The number of imidazole rings is 1. The number of rotatable bonds is 22. The molecule has 1 unspecified atom stereocenters. The van der Waals surface area contributed by atoms with Gasteiger partial charge in [-0.2, -0.15) is 0 Å². The summed E-state index contributed by atoms with van der Waals surface area (Å²) in [7, 11) is -4.50. The maximum Gasteiger partial charge on any atom is 0.124 e. The zero-order valence-corrected chi connectivity index (χ0v) is 25.3. The molecule has 0 fully saturated rings. The van der Waals surface area contributed by atoms with Gasteiger partial charge in [-0.3, -0.25) is 0 Å². The number of unbranched alkanes of at least 4 members (excludes halogenated alkanes) is 15. The van der Waals surface area contributed by atoms with E-state index in [-0.39, 0.29) is 10.4 Å². The molecule has 1 aromatic heterocycles. The average Bonchev–Trinajstić information content (AvgIpc) is 3.23. The van der Waals surface area contributed by atoms with E-state index >= 15 is 0 Å². The Balaban J connectivity index is 1.72. The predicted octanol–water partition coefficient (Wildman–Crippen LogP) is 8.26. The van der Waals surface area contributed by atoms with E-state index in [9.17, 15) is 13.0 Å². The molecule has 0 spiro atoms. The first-order chi connectivity index (χ1) is 18.2. The van der Waals surface area contributed by atoms with Crippen LogP contribution < -0.4 is 5.73 Å². The van der Waals surface area contributed by atoms with Gasteiger partial charge in [0.25, 0.3) is 0 Å². The molecular weight excluding hydrogens is 494 g/mol. The first-order valence-corrected chi connectivity index (χ1v) is 16.8. The zero-order valence-electron chi connectivity index (χ0n) is 24.5. The Morgan fingerprint density at radius 3 is 1.82 bits per heavy atom. The quantitative estimate of drug-likeness (QED) is 0.118. The highest BCUT2D eigenvalue weighted by Crippen LogP contribution is 2.24. The monoisotopic (exact) mass is 548 g/mol. The summed E-state index contributed by atoms with van der Waals surface area (Å²) in [4.78, 5) is 4.50. The first kappa shape index (κ1) is 32.8. The van der Waals surface area contributed by atoms with Crippen molar-refractivity contribution in [3.8, 4) is 0 Å². The van der Waals surface area contributed by atoms with Gasteiger partial charge in [-0.15, -0.1) is 0 Å². The number of nitrogens with zero attached hydrogens (tertiary/aromatic N) is 2. The van der Waals surface area contributed by atoms with Gasteiger partial charge in [-0.1, -0.05) is 110 Å². The van der Waals surface area contributed by atoms with Crippen LogP contribution in [0.25, 0.3) is 11.0 Å². The summed E-state index contributed by atoms with van der Waals surface area (Å²) in [5, 5.41) is 0. The molecule has 0 aliphatic heterocycles. The lowest BCUT2D eigenvalue weighted by atomic mass is 9.94. The topological polar surface area (TPSA) is 101 Å². The first-order valence-electron chi connectivity index (χ1n) is 15.4. The lowest BCUT2D eigenvalue weighted by molar-refractivity contribution is 0.410. The molecule has 218 valence electrons. The predicted molar refractivity (Wildman–Crippen MR) is 158 cm³/mol. The van der Waals surface area contributed by atoms with Gasteiger partial charge in [0.05, 0.1) is 15.9 Å². The normalized spacial score (nSPS) is 13.8. The minimum absolute atomic E-state index is 0.221. The van der Waals surface area contributed by atoms with Crippen molar-refractivity contribution < 1.29 is 13.0 Å². The van der Waals surface area contributed by atoms with E-state index in [0.29, 0.717) is 5.52 Å². The van der Waals surface area contributed by atoms with Crippen molar-refractivity contribution in [2.24, 2.45) is 5.73 Å². The molecule has 2 aromatic rings. The molecular formula is C31H54N3O3S-. The SMILES string of the molecule is CCCCCCCCCCCCCCCCCCn1c(CCC(C)(N)CC)nc2cc(S(=O)(=O)[O-])ccc21. The van der Waals surface area contributed by atoms with Crippen LogP contribution in [0.2, 0.25) is 0 Å².